The Labute approximate surface area is 106 Å². The molecule has 0 saturated carbocycles. The Morgan fingerprint density at radius 3 is 2.44 bits per heavy atom. The molecule has 1 amide bonds. The molecule has 18 heavy (non-hydrogen) atoms. The smallest absolute Gasteiger partial charge is 0.326 e. The zero-order valence-corrected chi connectivity index (χ0v) is 11.0. The molecule has 0 bridgehead atoms. The molecule has 1 aliphatic heterocycles. The molecule has 0 aliphatic carbocycles. The van der Waals surface area contributed by atoms with Crippen LogP contribution >= 0.6 is 0 Å². The van der Waals surface area contributed by atoms with Crippen LogP contribution in [-0.2, 0) is 4.79 Å². The van der Waals surface area contributed by atoms with E-state index in [1.54, 1.807) is 4.90 Å². The van der Waals surface area contributed by atoms with Gasteiger partial charge < -0.3 is 4.90 Å². The SMILES string of the molecule is CCC1NC(C(C)C)N(CCCC(F)(F)F)C1=O. The van der Waals surface area contributed by atoms with Gasteiger partial charge in [0, 0.05) is 13.0 Å². The molecule has 1 rings (SSSR count). The number of nitrogens with zero attached hydrogens (tertiary/aromatic N) is 1. The predicted molar refractivity (Wildman–Crippen MR) is 62.8 cm³/mol. The van der Waals surface area contributed by atoms with Crippen LogP contribution in [0.2, 0.25) is 0 Å². The standard InChI is InChI=1S/C12H21F3N2O/c1-4-9-11(18)17(10(16-9)8(2)3)7-5-6-12(13,14)15/h8-10,16H,4-7H2,1-3H3. The van der Waals surface area contributed by atoms with Gasteiger partial charge in [-0.1, -0.05) is 20.8 Å². The van der Waals surface area contributed by atoms with Gasteiger partial charge >= 0.3 is 6.18 Å². The van der Waals surface area contributed by atoms with Crippen molar-refractivity contribution in [2.45, 2.75) is 58.4 Å². The Hall–Kier alpha value is -0.780. The molecule has 1 fully saturated rings. The molecule has 0 spiro atoms. The fourth-order valence-corrected chi connectivity index (χ4v) is 2.25. The van der Waals surface area contributed by atoms with E-state index in [0.29, 0.717) is 6.42 Å². The van der Waals surface area contributed by atoms with Crippen LogP contribution in [0.1, 0.15) is 40.0 Å². The van der Waals surface area contributed by atoms with Crippen LogP contribution in [0.3, 0.4) is 0 Å². The van der Waals surface area contributed by atoms with Crippen molar-refractivity contribution < 1.29 is 18.0 Å². The van der Waals surface area contributed by atoms with E-state index in [-0.39, 0.29) is 37.0 Å². The van der Waals surface area contributed by atoms with Crippen LogP contribution in [0.25, 0.3) is 0 Å². The first-order chi connectivity index (χ1) is 8.26. The molecule has 1 N–H and O–H groups in total. The van der Waals surface area contributed by atoms with E-state index in [4.69, 9.17) is 0 Å². The number of halogens is 3. The third-order valence-corrected chi connectivity index (χ3v) is 3.19. The number of rotatable bonds is 5. The highest BCUT2D eigenvalue weighted by Crippen LogP contribution is 2.24. The fraction of sp³-hybridized carbons (Fsp3) is 0.917. The minimum absolute atomic E-state index is 0.0312. The van der Waals surface area contributed by atoms with Crippen molar-refractivity contribution in [2.24, 2.45) is 5.92 Å². The van der Waals surface area contributed by atoms with Crippen LogP contribution in [0.4, 0.5) is 13.2 Å². The molecule has 0 aromatic carbocycles. The monoisotopic (exact) mass is 266 g/mol. The van der Waals surface area contributed by atoms with Gasteiger partial charge in [-0.3, -0.25) is 10.1 Å². The van der Waals surface area contributed by atoms with E-state index in [2.05, 4.69) is 5.32 Å². The Morgan fingerprint density at radius 1 is 1.39 bits per heavy atom. The Bertz CT molecular complexity index is 292. The maximum atomic E-state index is 12.1. The van der Waals surface area contributed by atoms with Gasteiger partial charge in [0.1, 0.15) is 0 Å². The number of hydrogen-bond acceptors (Lipinski definition) is 2. The van der Waals surface area contributed by atoms with E-state index in [1.807, 2.05) is 20.8 Å². The number of alkyl halides is 3. The van der Waals surface area contributed by atoms with Crippen molar-refractivity contribution >= 4 is 5.91 Å². The normalized spacial score (nSPS) is 25.3. The second-order valence-corrected chi connectivity index (χ2v) is 5.07. The van der Waals surface area contributed by atoms with E-state index >= 15 is 0 Å². The lowest BCUT2D eigenvalue weighted by Crippen LogP contribution is -2.42. The Balaban J connectivity index is 2.57. The van der Waals surface area contributed by atoms with Gasteiger partial charge in [0.15, 0.2) is 0 Å². The molecule has 2 atom stereocenters. The molecule has 6 heteroatoms. The molecular weight excluding hydrogens is 245 g/mol. The van der Waals surface area contributed by atoms with E-state index in [1.165, 1.54) is 0 Å². The maximum absolute atomic E-state index is 12.1. The molecule has 1 saturated heterocycles. The summed E-state index contributed by atoms with van der Waals surface area (Å²) in [6.07, 6.45) is -4.49. The summed E-state index contributed by atoms with van der Waals surface area (Å²) in [4.78, 5) is 13.5. The third-order valence-electron chi connectivity index (χ3n) is 3.19. The molecule has 0 aromatic rings. The highest BCUT2D eigenvalue weighted by atomic mass is 19.4. The summed E-state index contributed by atoms with van der Waals surface area (Å²) in [7, 11) is 0. The topological polar surface area (TPSA) is 32.3 Å². The van der Waals surface area contributed by atoms with Crippen LogP contribution in [-0.4, -0.2) is 35.7 Å². The Kier molecular flexibility index (Phi) is 5.01. The lowest BCUT2D eigenvalue weighted by molar-refractivity contribution is -0.140. The van der Waals surface area contributed by atoms with Gasteiger partial charge in [-0.05, 0) is 18.8 Å². The van der Waals surface area contributed by atoms with E-state index in [9.17, 15) is 18.0 Å². The summed E-state index contributed by atoms with van der Waals surface area (Å²) in [5, 5.41) is 3.18. The molecule has 0 radical (unpaired) electrons. The highest BCUT2D eigenvalue weighted by molar-refractivity contribution is 5.84. The first kappa shape index (κ1) is 15.3. The van der Waals surface area contributed by atoms with Crippen LogP contribution in [0.15, 0.2) is 0 Å². The molecule has 2 unspecified atom stereocenters. The number of carbonyl (C=O) groups excluding carboxylic acids is 1. The van der Waals surface area contributed by atoms with Crippen molar-refractivity contribution in [1.82, 2.24) is 10.2 Å². The highest BCUT2D eigenvalue weighted by Gasteiger charge is 2.39. The van der Waals surface area contributed by atoms with Crippen molar-refractivity contribution in [2.75, 3.05) is 6.54 Å². The third kappa shape index (κ3) is 3.86. The number of hydrogen-bond donors (Lipinski definition) is 1. The fourth-order valence-electron chi connectivity index (χ4n) is 2.25. The van der Waals surface area contributed by atoms with Crippen molar-refractivity contribution in [3.05, 3.63) is 0 Å². The van der Waals surface area contributed by atoms with Gasteiger partial charge in [-0.25, -0.2) is 0 Å². The summed E-state index contributed by atoms with van der Waals surface area (Å²) in [5.74, 6) is 0.120. The van der Waals surface area contributed by atoms with Gasteiger partial charge in [0.25, 0.3) is 0 Å². The average molecular weight is 266 g/mol. The second kappa shape index (κ2) is 5.91. The number of amides is 1. The van der Waals surface area contributed by atoms with Gasteiger partial charge in [-0.15, -0.1) is 0 Å². The summed E-state index contributed by atoms with van der Waals surface area (Å²) in [6, 6.07) is -0.247. The van der Waals surface area contributed by atoms with Crippen LogP contribution in [0, 0.1) is 5.92 Å². The molecule has 1 heterocycles. The van der Waals surface area contributed by atoms with Gasteiger partial charge in [0.2, 0.25) is 5.91 Å². The molecule has 106 valence electrons. The number of nitrogens with one attached hydrogen (secondary N) is 1. The van der Waals surface area contributed by atoms with Crippen LogP contribution < -0.4 is 5.32 Å². The second-order valence-electron chi connectivity index (χ2n) is 5.07. The van der Waals surface area contributed by atoms with E-state index in [0.717, 1.165) is 0 Å². The minimum Gasteiger partial charge on any atom is -0.326 e. The molecule has 3 nitrogen and oxygen atoms in total. The van der Waals surface area contributed by atoms with Crippen molar-refractivity contribution in [1.29, 1.82) is 0 Å². The molecule has 1 aliphatic rings. The summed E-state index contributed by atoms with van der Waals surface area (Å²) < 4.78 is 36.3. The molecule has 0 aromatic heterocycles. The summed E-state index contributed by atoms with van der Waals surface area (Å²) >= 11 is 0. The van der Waals surface area contributed by atoms with Gasteiger partial charge in [-0.2, -0.15) is 13.2 Å². The number of carbonyl (C=O) groups is 1. The summed E-state index contributed by atoms with van der Waals surface area (Å²) in [6.45, 7) is 5.98. The van der Waals surface area contributed by atoms with Crippen LogP contribution in [0.5, 0.6) is 0 Å². The first-order valence-corrected chi connectivity index (χ1v) is 6.39. The largest absolute Gasteiger partial charge is 0.389 e. The molecular formula is C12H21F3N2O. The predicted octanol–water partition coefficient (Wildman–Crippen LogP) is 2.52. The quantitative estimate of drug-likeness (QED) is 0.829. The Morgan fingerprint density at radius 2 is 2.00 bits per heavy atom. The van der Waals surface area contributed by atoms with Gasteiger partial charge in [0.05, 0.1) is 12.2 Å². The summed E-state index contributed by atoms with van der Waals surface area (Å²) in [5.41, 5.74) is 0. The zero-order chi connectivity index (χ0) is 13.9. The first-order valence-electron chi connectivity index (χ1n) is 6.39. The van der Waals surface area contributed by atoms with Crippen molar-refractivity contribution in [3.63, 3.8) is 0 Å². The average Bonchev–Trinajstić information content (AvgIpc) is 2.54. The van der Waals surface area contributed by atoms with Crippen molar-refractivity contribution in [3.8, 4) is 0 Å². The minimum atomic E-state index is -4.15. The maximum Gasteiger partial charge on any atom is 0.389 e. The van der Waals surface area contributed by atoms with E-state index < -0.39 is 12.6 Å². The lowest BCUT2D eigenvalue weighted by atomic mass is 10.1. The lowest BCUT2D eigenvalue weighted by Gasteiger charge is -2.27. The zero-order valence-electron chi connectivity index (χ0n) is 11.0.